The first-order valence-corrected chi connectivity index (χ1v) is 7.98. The van der Waals surface area contributed by atoms with Crippen LogP contribution in [0.15, 0.2) is 16.6 Å². The predicted octanol–water partition coefficient (Wildman–Crippen LogP) is 5.07. The summed E-state index contributed by atoms with van der Waals surface area (Å²) in [6.07, 6.45) is 2.76. The first-order valence-electron chi connectivity index (χ1n) is 6.81. The Kier molecular flexibility index (Phi) is 6.08. The summed E-state index contributed by atoms with van der Waals surface area (Å²) in [5.74, 6) is 0.0777. The van der Waals surface area contributed by atoms with Gasteiger partial charge >= 0.3 is 6.61 Å². The zero-order valence-corrected chi connectivity index (χ0v) is 13.9. The Morgan fingerprint density at radius 1 is 1.52 bits per heavy atom. The van der Waals surface area contributed by atoms with Gasteiger partial charge in [-0.1, -0.05) is 18.5 Å². The summed E-state index contributed by atoms with van der Waals surface area (Å²) in [5.41, 5.74) is 0.469. The first kappa shape index (κ1) is 16.8. The van der Waals surface area contributed by atoms with E-state index in [9.17, 15) is 8.78 Å². The van der Waals surface area contributed by atoms with Gasteiger partial charge in [0.2, 0.25) is 0 Å². The minimum atomic E-state index is -2.89. The zero-order valence-electron chi connectivity index (χ0n) is 11.5. The molecule has 0 aromatic heterocycles. The standard InChI is InChI=1S/C14H17BrClF2NO2/c1-2-10-7-9(3-4-20-10)19-12-6-8(16)5-11(15)13(12)21-14(17)18/h5-6,9-10,14,19H,2-4,7H2,1H3. The third-order valence-electron chi connectivity index (χ3n) is 3.40. The molecule has 0 radical (unpaired) electrons. The van der Waals surface area contributed by atoms with Crippen molar-refractivity contribution in [3.05, 3.63) is 21.6 Å². The first-order chi connectivity index (χ1) is 9.99. The fourth-order valence-electron chi connectivity index (χ4n) is 2.39. The number of hydrogen-bond donors (Lipinski definition) is 1. The van der Waals surface area contributed by atoms with E-state index in [1.54, 1.807) is 6.07 Å². The van der Waals surface area contributed by atoms with Gasteiger partial charge in [-0.2, -0.15) is 8.78 Å². The number of benzene rings is 1. The molecule has 1 heterocycles. The molecule has 0 bridgehead atoms. The summed E-state index contributed by atoms with van der Waals surface area (Å²) < 4.78 is 35.7. The van der Waals surface area contributed by atoms with Crippen LogP contribution in [-0.4, -0.2) is 25.4 Å². The average Bonchev–Trinajstić information content (AvgIpc) is 2.42. The van der Waals surface area contributed by atoms with Crippen LogP contribution in [0.3, 0.4) is 0 Å². The van der Waals surface area contributed by atoms with Crippen LogP contribution in [0.5, 0.6) is 5.75 Å². The second-order valence-corrected chi connectivity index (χ2v) is 6.20. The molecule has 21 heavy (non-hydrogen) atoms. The lowest BCUT2D eigenvalue weighted by molar-refractivity contribution is -0.0499. The van der Waals surface area contributed by atoms with Gasteiger partial charge < -0.3 is 14.8 Å². The normalized spacial score (nSPS) is 22.4. The summed E-state index contributed by atoms with van der Waals surface area (Å²) in [7, 11) is 0. The third-order valence-corrected chi connectivity index (χ3v) is 4.20. The van der Waals surface area contributed by atoms with Crippen LogP contribution in [-0.2, 0) is 4.74 Å². The highest BCUT2D eigenvalue weighted by Gasteiger charge is 2.23. The number of ether oxygens (including phenoxy) is 2. The molecule has 0 saturated carbocycles. The van der Waals surface area contributed by atoms with E-state index >= 15 is 0 Å². The van der Waals surface area contributed by atoms with Crippen molar-refractivity contribution in [2.24, 2.45) is 0 Å². The van der Waals surface area contributed by atoms with Crippen molar-refractivity contribution < 1.29 is 18.3 Å². The fourth-order valence-corrected chi connectivity index (χ4v) is 3.30. The number of hydrogen-bond acceptors (Lipinski definition) is 3. The quantitative estimate of drug-likeness (QED) is 0.768. The van der Waals surface area contributed by atoms with Gasteiger partial charge in [0.1, 0.15) is 0 Å². The summed E-state index contributed by atoms with van der Waals surface area (Å²) in [6, 6.07) is 3.28. The van der Waals surface area contributed by atoms with Gasteiger partial charge in [0, 0.05) is 17.7 Å². The maximum atomic E-state index is 12.6. The molecule has 1 saturated heterocycles. The minimum absolute atomic E-state index is 0.0777. The predicted molar refractivity (Wildman–Crippen MR) is 82.5 cm³/mol. The van der Waals surface area contributed by atoms with E-state index < -0.39 is 6.61 Å². The van der Waals surface area contributed by atoms with E-state index in [1.165, 1.54) is 6.07 Å². The van der Waals surface area contributed by atoms with Crippen molar-refractivity contribution in [2.45, 2.75) is 44.9 Å². The second-order valence-electron chi connectivity index (χ2n) is 4.91. The number of halogens is 4. The van der Waals surface area contributed by atoms with Crippen LogP contribution >= 0.6 is 27.5 Å². The van der Waals surface area contributed by atoms with Gasteiger partial charge in [0.15, 0.2) is 5.75 Å². The minimum Gasteiger partial charge on any atom is -0.431 e. The van der Waals surface area contributed by atoms with E-state index in [2.05, 4.69) is 32.9 Å². The highest BCUT2D eigenvalue weighted by atomic mass is 79.9. The molecule has 1 aliphatic rings. The number of nitrogens with one attached hydrogen (secondary N) is 1. The largest absolute Gasteiger partial charge is 0.431 e. The Labute approximate surface area is 136 Å². The number of anilines is 1. The molecule has 3 nitrogen and oxygen atoms in total. The van der Waals surface area contributed by atoms with Gasteiger partial charge in [0.25, 0.3) is 0 Å². The molecular formula is C14H17BrClF2NO2. The SMILES string of the molecule is CCC1CC(Nc2cc(Cl)cc(Br)c2OC(F)F)CCO1. The molecule has 2 unspecified atom stereocenters. The lowest BCUT2D eigenvalue weighted by Crippen LogP contribution is -2.33. The lowest BCUT2D eigenvalue weighted by atomic mass is 10.0. The topological polar surface area (TPSA) is 30.5 Å². The lowest BCUT2D eigenvalue weighted by Gasteiger charge is -2.30. The molecular weight excluding hydrogens is 368 g/mol. The van der Waals surface area contributed by atoms with Gasteiger partial charge in [-0.3, -0.25) is 0 Å². The Hall–Kier alpha value is -0.590. The molecule has 2 rings (SSSR count). The average molecular weight is 385 g/mol. The molecule has 1 aromatic carbocycles. The molecule has 2 atom stereocenters. The van der Waals surface area contributed by atoms with E-state index in [1.807, 2.05) is 0 Å². The molecule has 7 heteroatoms. The van der Waals surface area contributed by atoms with E-state index in [4.69, 9.17) is 16.3 Å². The highest BCUT2D eigenvalue weighted by molar-refractivity contribution is 9.10. The molecule has 1 fully saturated rings. The van der Waals surface area contributed by atoms with Gasteiger partial charge in [-0.25, -0.2) is 0 Å². The Bertz CT molecular complexity index is 490. The second kappa shape index (κ2) is 7.61. The summed E-state index contributed by atoms with van der Waals surface area (Å²) in [6.45, 7) is -0.168. The number of rotatable bonds is 5. The van der Waals surface area contributed by atoms with E-state index in [0.717, 1.165) is 19.3 Å². The molecule has 1 N–H and O–H groups in total. The van der Waals surface area contributed by atoms with Crippen LogP contribution < -0.4 is 10.1 Å². The van der Waals surface area contributed by atoms with Gasteiger partial charge in [-0.05, 0) is 47.3 Å². The fraction of sp³-hybridized carbons (Fsp3) is 0.571. The van der Waals surface area contributed by atoms with Gasteiger partial charge in [-0.15, -0.1) is 0 Å². The molecule has 1 aliphatic heterocycles. The van der Waals surface area contributed by atoms with Crippen LogP contribution in [0.4, 0.5) is 14.5 Å². The maximum Gasteiger partial charge on any atom is 0.387 e. The molecule has 0 amide bonds. The van der Waals surface area contributed by atoms with Crippen molar-refractivity contribution in [3.8, 4) is 5.75 Å². The van der Waals surface area contributed by atoms with Crippen molar-refractivity contribution in [3.63, 3.8) is 0 Å². The van der Waals surface area contributed by atoms with Crippen LogP contribution in [0.1, 0.15) is 26.2 Å². The Morgan fingerprint density at radius 3 is 2.95 bits per heavy atom. The zero-order chi connectivity index (χ0) is 15.4. The summed E-state index contributed by atoms with van der Waals surface area (Å²) in [4.78, 5) is 0. The van der Waals surface area contributed by atoms with Crippen molar-refractivity contribution in [1.82, 2.24) is 0 Å². The monoisotopic (exact) mass is 383 g/mol. The van der Waals surface area contributed by atoms with Crippen molar-refractivity contribution in [2.75, 3.05) is 11.9 Å². The van der Waals surface area contributed by atoms with Crippen LogP contribution in [0.25, 0.3) is 0 Å². The smallest absolute Gasteiger partial charge is 0.387 e. The van der Waals surface area contributed by atoms with Crippen molar-refractivity contribution >= 4 is 33.2 Å². The Balaban J connectivity index is 2.17. The molecule has 118 valence electrons. The van der Waals surface area contributed by atoms with E-state index in [-0.39, 0.29) is 17.9 Å². The maximum absolute atomic E-state index is 12.6. The highest BCUT2D eigenvalue weighted by Crippen LogP contribution is 2.38. The number of alkyl halides is 2. The van der Waals surface area contributed by atoms with Crippen LogP contribution in [0, 0.1) is 0 Å². The third kappa shape index (κ3) is 4.69. The molecule has 1 aromatic rings. The van der Waals surface area contributed by atoms with Crippen molar-refractivity contribution in [1.29, 1.82) is 0 Å². The van der Waals surface area contributed by atoms with Gasteiger partial charge in [0.05, 0.1) is 16.3 Å². The van der Waals surface area contributed by atoms with E-state index in [0.29, 0.717) is 21.8 Å². The molecule has 0 spiro atoms. The Morgan fingerprint density at radius 2 is 2.29 bits per heavy atom. The molecule has 0 aliphatic carbocycles. The van der Waals surface area contributed by atoms with Crippen LogP contribution in [0.2, 0.25) is 5.02 Å². The summed E-state index contributed by atoms with van der Waals surface area (Å²) >= 11 is 9.20. The summed E-state index contributed by atoms with van der Waals surface area (Å²) in [5, 5.41) is 3.70.